The van der Waals surface area contributed by atoms with Crippen molar-refractivity contribution in [2.24, 2.45) is 0 Å². The van der Waals surface area contributed by atoms with Gasteiger partial charge >= 0.3 is 0 Å². The number of aromatic nitrogens is 3. The number of thiazole rings is 1. The van der Waals surface area contributed by atoms with Gasteiger partial charge < -0.3 is 5.32 Å². The van der Waals surface area contributed by atoms with Crippen molar-refractivity contribution in [2.75, 3.05) is 5.32 Å². The Morgan fingerprint density at radius 2 is 2.04 bits per heavy atom. The van der Waals surface area contributed by atoms with Gasteiger partial charge in [-0.05, 0) is 25.0 Å². The van der Waals surface area contributed by atoms with Crippen molar-refractivity contribution in [3.8, 4) is 0 Å². The minimum atomic E-state index is -0.404. The molecule has 8 heteroatoms. The van der Waals surface area contributed by atoms with Crippen molar-refractivity contribution in [2.45, 2.75) is 25.3 Å². The minimum absolute atomic E-state index is 0.267. The molecule has 3 aromatic rings. The zero-order valence-electron chi connectivity index (χ0n) is 12.6. The number of anilines is 1. The lowest BCUT2D eigenvalue weighted by atomic mass is 10.2. The standard InChI is InChI=1S/C16H14N4O3S/c21-13(18-16-17-12(8-24-16)9-5-6-9)7-20-15(23)11-4-2-1-3-10(11)14(22)19-20/h1-4,8-9H,5-7H2,(H,19,22)(H,17,18,21). The van der Waals surface area contributed by atoms with E-state index < -0.39 is 17.0 Å². The molecule has 2 heterocycles. The van der Waals surface area contributed by atoms with Crippen LogP contribution >= 0.6 is 11.3 Å². The average Bonchev–Trinajstić information content (AvgIpc) is 3.32. The van der Waals surface area contributed by atoms with Crippen molar-refractivity contribution in [1.82, 2.24) is 14.8 Å². The molecule has 0 spiro atoms. The number of nitrogens with zero attached hydrogens (tertiary/aromatic N) is 2. The number of hydrogen-bond acceptors (Lipinski definition) is 5. The highest BCUT2D eigenvalue weighted by Crippen LogP contribution is 2.40. The summed E-state index contributed by atoms with van der Waals surface area (Å²) < 4.78 is 1.02. The molecule has 1 saturated carbocycles. The van der Waals surface area contributed by atoms with Gasteiger partial charge in [0.15, 0.2) is 5.13 Å². The molecule has 7 nitrogen and oxygen atoms in total. The molecule has 1 aliphatic carbocycles. The second kappa shape index (κ2) is 5.72. The number of H-pyrrole nitrogens is 1. The maximum atomic E-state index is 12.4. The van der Waals surface area contributed by atoms with E-state index in [-0.39, 0.29) is 6.54 Å². The summed E-state index contributed by atoms with van der Waals surface area (Å²) in [6.45, 7) is -0.267. The normalized spacial score (nSPS) is 14.0. The van der Waals surface area contributed by atoms with Gasteiger partial charge in [0.05, 0.1) is 16.5 Å². The summed E-state index contributed by atoms with van der Waals surface area (Å²) >= 11 is 1.36. The monoisotopic (exact) mass is 342 g/mol. The highest BCUT2D eigenvalue weighted by molar-refractivity contribution is 7.13. The van der Waals surface area contributed by atoms with Gasteiger partial charge in [0.2, 0.25) is 5.91 Å². The van der Waals surface area contributed by atoms with E-state index in [1.807, 2.05) is 5.38 Å². The zero-order chi connectivity index (χ0) is 16.7. The topological polar surface area (TPSA) is 96.9 Å². The molecule has 122 valence electrons. The predicted molar refractivity (Wildman–Crippen MR) is 91.5 cm³/mol. The molecular formula is C16H14N4O3S. The summed E-state index contributed by atoms with van der Waals surface area (Å²) in [6, 6.07) is 6.52. The maximum Gasteiger partial charge on any atom is 0.273 e. The Bertz CT molecular complexity index is 1050. The molecule has 4 rings (SSSR count). The van der Waals surface area contributed by atoms with Gasteiger partial charge in [-0.2, -0.15) is 0 Å². The van der Waals surface area contributed by atoms with Crippen LogP contribution in [0.4, 0.5) is 5.13 Å². The molecule has 1 fully saturated rings. The Labute approximate surface area is 140 Å². The van der Waals surface area contributed by atoms with E-state index in [0.717, 1.165) is 23.2 Å². The highest BCUT2D eigenvalue weighted by Gasteiger charge is 2.26. The highest BCUT2D eigenvalue weighted by atomic mass is 32.1. The lowest BCUT2D eigenvalue weighted by molar-refractivity contribution is -0.117. The number of fused-ring (bicyclic) bond motifs is 1. The Morgan fingerprint density at radius 1 is 1.29 bits per heavy atom. The molecule has 1 amide bonds. The summed E-state index contributed by atoms with van der Waals surface area (Å²) in [5.41, 5.74) is 0.202. The Kier molecular flexibility index (Phi) is 3.53. The van der Waals surface area contributed by atoms with Crippen LogP contribution in [0.5, 0.6) is 0 Å². The predicted octanol–water partition coefficient (Wildman–Crippen LogP) is 1.66. The van der Waals surface area contributed by atoms with Crippen LogP contribution in [0.15, 0.2) is 39.2 Å². The van der Waals surface area contributed by atoms with Gasteiger partial charge in [0.1, 0.15) is 6.54 Å². The molecule has 0 aliphatic heterocycles. The van der Waals surface area contributed by atoms with E-state index in [1.165, 1.54) is 11.3 Å². The third kappa shape index (κ3) is 2.76. The van der Waals surface area contributed by atoms with Crippen LogP contribution in [0.3, 0.4) is 0 Å². The fraction of sp³-hybridized carbons (Fsp3) is 0.250. The van der Waals surface area contributed by atoms with E-state index in [1.54, 1.807) is 24.3 Å². The van der Waals surface area contributed by atoms with Crippen LogP contribution in [0.25, 0.3) is 10.8 Å². The van der Waals surface area contributed by atoms with Crippen LogP contribution in [-0.2, 0) is 11.3 Å². The molecule has 1 aliphatic rings. The fourth-order valence-corrected chi connectivity index (χ4v) is 3.38. The number of carbonyl (C=O) groups is 1. The van der Waals surface area contributed by atoms with Gasteiger partial charge in [0, 0.05) is 11.3 Å². The number of nitrogens with one attached hydrogen (secondary N) is 2. The molecular weight excluding hydrogens is 328 g/mol. The molecule has 1 aromatic carbocycles. The molecule has 0 bridgehead atoms. The zero-order valence-corrected chi connectivity index (χ0v) is 13.4. The van der Waals surface area contributed by atoms with Crippen LogP contribution in [0.2, 0.25) is 0 Å². The lowest BCUT2D eigenvalue weighted by Gasteiger charge is -2.06. The van der Waals surface area contributed by atoms with Gasteiger partial charge in [-0.25, -0.2) is 9.67 Å². The quantitative estimate of drug-likeness (QED) is 0.753. The van der Waals surface area contributed by atoms with E-state index in [2.05, 4.69) is 15.4 Å². The molecule has 0 atom stereocenters. The van der Waals surface area contributed by atoms with Crippen LogP contribution in [-0.4, -0.2) is 20.7 Å². The van der Waals surface area contributed by atoms with Gasteiger partial charge in [-0.1, -0.05) is 12.1 Å². The molecule has 2 aromatic heterocycles. The average molecular weight is 342 g/mol. The Morgan fingerprint density at radius 3 is 2.79 bits per heavy atom. The van der Waals surface area contributed by atoms with Crippen molar-refractivity contribution in [3.05, 3.63) is 56.0 Å². The van der Waals surface area contributed by atoms with Gasteiger partial charge in [-0.3, -0.25) is 19.5 Å². The second-order valence-electron chi connectivity index (χ2n) is 5.78. The molecule has 0 saturated heterocycles. The number of hydrogen-bond donors (Lipinski definition) is 2. The van der Waals surface area contributed by atoms with Crippen molar-refractivity contribution in [3.63, 3.8) is 0 Å². The van der Waals surface area contributed by atoms with Crippen LogP contribution < -0.4 is 16.4 Å². The summed E-state index contributed by atoms with van der Waals surface area (Å²) in [4.78, 5) is 40.9. The van der Waals surface area contributed by atoms with Crippen molar-refractivity contribution in [1.29, 1.82) is 0 Å². The SMILES string of the molecule is O=C(Cn1[nH]c(=O)c2ccccc2c1=O)Nc1nc(C2CC2)cs1. The smallest absolute Gasteiger partial charge is 0.273 e. The summed E-state index contributed by atoms with van der Waals surface area (Å²) in [7, 11) is 0. The number of amides is 1. The summed E-state index contributed by atoms with van der Waals surface area (Å²) in [5, 5.41) is 8.17. The summed E-state index contributed by atoms with van der Waals surface area (Å²) in [6.07, 6.45) is 2.29. The van der Waals surface area contributed by atoms with E-state index in [4.69, 9.17) is 0 Å². The van der Waals surface area contributed by atoms with E-state index >= 15 is 0 Å². The molecule has 2 N–H and O–H groups in total. The largest absolute Gasteiger partial charge is 0.300 e. The van der Waals surface area contributed by atoms with Crippen molar-refractivity contribution >= 4 is 33.1 Å². The first kappa shape index (κ1) is 14.8. The number of rotatable bonds is 4. The van der Waals surface area contributed by atoms with Gasteiger partial charge in [-0.15, -0.1) is 11.3 Å². The first-order valence-corrected chi connectivity index (χ1v) is 8.47. The summed E-state index contributed by atoms with van der Waals surface area (Å²) in [5.74, 6) is 0.117. The number of aromatic amines is 1. The minimum Gasteiger partial charge on any atom is -0.300 e. The first-order valence-electron chi connectivity index (χ1n) is 7.59. The van der Waals surface area contributed by atoms with Crippen LogP contribution in [0.1, 0.15) is 24.5 Å². The number of benzene rings is 1. The molecule has 0 unspecified atom stereocenters. The first-order chi connectivity index (χ1) is 11.6. The fourth-order valence-electron chi connectivity index (χ4n) is 2.57. The molecule has 24 heavy (non-hydrogen) atoms. The Balaban J connectivity index is 1.56. The third-order valence-electron chi connectivity index (χ3n) is 3.95. The van der Waals surface area contributed by atoms with E-state index in [0.29, 0.717) is 21.8 Å². The number of carbonyl (C=O) groups excluding carboxylic acids is 1. The van der Waals surface area contributed by atoms with E-state index in [9.17, 15) is 14.4 Å². The molecule has 0 radical (unpaired) electrons. The van der Waals surface area contributed by atoms with Crippen LogP contribution in [0, 0.1) is 0 Å². The second-order valence-corrected chi connectivity index (χ2v) is 6.64. The maximum absolute atomic E-state index is 12.4. The Hall–Kier alpha value is -2.74. The lowest BCUT2D eigenvalue weighted by Crippen LogP contribution is -2.34. The third-order valence-corrected chi connectivity index (χ3v) is 4.73. The van der Waals surface area contributed by atoms with Gasteiger partial charge in [0.25, 0.3) is 11.1 Å². The van der Waals surface area contributed by atoms with Crippen molar-refractivity contribution < 1.29 is 4.79 Å².